The second kappa shape index (κ2) is 8.02. The van der Waals surface area contributed by atoms with Crippen LogP contribution < -0.4 is 5.32 Å². The first kappa shape index (κ1) is 18.0. The van der Waals surface area contributed by atoms with Gasteiger partial charge in [-0.15, -0.1) is 0 Å². The van der Waals surface area contributed by atoms with Gasteiger partial charge in [-0.25, -0.2) is 4.98 Å². The Hall–Kier alpha value is -1.85. The van der Waals surface area contributed by atoms with Crippen molar-refractivity contribution < 1.29 is 4.79 Å². The maximum Gasteiger partial charge on any atom is 0.269 e. The van der Waals surface area contributed by atoms with Gasteiger partial charge in [0.1, 0.15) is 5.69 Å². The molecule has 2 aromatic rings. The molecule has 2 heterocycles. The zero-order chi connectivity index (χ0) is 17.7. The van der Waals surface area contributed by atoms with Crippen molar-refractivity contribution in [1.29, 1.82) is 0 Å². The number of hydrogen-bond donors (Lipinski definition) is 2. The molecule has 25 heavy (non-hydrogen) atoms. The molecule has 1 aromatic heterocycles. The molecule has 0 radical (unpaired) electrons. The van der Waals surface area contributed by atoms with Crippen LogP contribution in [0.5, 0.6) is 0 Å². The summed E-state index contributed by atoms with van der Waals surface area (Å²) in [7, 11) is 0. The smallest absolute Gasteiger partial charge is 0.269 e. The molecule has 0 aliphatic carbocycles. The predicted octanol–water partition coefficient (Wildman–Crippen LogP) is 3.14. The van der Waals surface area contributed by atoms with Crippen LogP contribution in [-0.2, 0) is 6.42 Å². The fraction of sp³-hybridized carbons (Fsp3) is 0.474. The number of amides is 1. The average Bonchev–Trinajstić information content (AvgIpc) is 3.13. The van der Waals surface area contributed by atoms with E-state index in [9.17, 15) is 4.79 Å². The van der Waals surface area contributed by atoms with Gasteiger partial charge in [0, 0.05) is 18.1 Å². The molecule has 1 aromatic carbocycles. The number of aromatic amines is 1. The summed E-state index contributed by atoms with van der Waals surface area (Å²) in [4.78, 5) is 21.0. The lowest BCUT2D eigenvalue weighted by atomic mass is 9.75. The average molecular weight is 361 g/mol. The Morgan fingerprint density at radius 3 is 2.68 bits per heavy atom. The van der Waals surface area contributed by atoms with Gasteiger partial charge in [-0.2, -0.15) is 0 Å². The quantitative estimate of drug-likeness (QED) is 0.832. The second-order valence-corrected chi connectivity index (χ2v) is 7.61. The van der Waals surface area contributed by atoms with Crippen LogP contribution in [-0.4, -0.2) is 47.0 Å². The topological polar surface area (TPSA) is 61.0 Å². The Kier molecular flexibility index (Phi) is 5.76. The van der Waals surface area contributed by atoms with E-state index in [1.165, 1.54) is 24.7 Å². The summed E-state index contributed by atoms with van der Waals surface area (Å²) in [6, 6.07) is 8.20. The molecular weight excluding hydrogens is 336 g/mol. The number of benzene rings is 1. The Bertz CT molecular complexity index is 676. The van der Waals surface area contributed by atoms with E-state index in [4.69, 9.17) is 11.6 Å². The molecule has 0 spiro atoms. The number of likely N-dealkylation sites (tertiary alicyclic amines) is 1. The van der Waals surface area contributed by atoms with E-state index in [0.717, 1.165) is 31.1 Å². The van der Waals surface area contributed by atoms with Crippen LogP contribution in [0.1, 0.15) is 35.8 Å². The standard InChI is InChI=1S/C19H25ClN4O/c1-19(12-15-2-4-16(20)5-3-15)6-9-24(10-7-19)11-8-22-18(25)17-13-21-14-23-17/h2-5,13-14H,6-12H2,1H3,(H,21,23)(H,22,25). The zero-order valence-electron chi connectivity index (χ0n) is 14.6. The monoisotopic (exact) mass is 360 g/mol. The van der Waals surface area contributed by atoms with Crippen molar-refractivity contribution in [1.82, 2.24) is 20.2 Å². The first-order valence-corrected chi connectivity index (χ1v) is 9.15. The van der Waals surface area contributed by atoms with Crippen molar-refractivity contribution in [2.75, 3.05) is 26.2 Å². The molecule has 3 rings (SSSR count). The van der Waals surface area contributed by atoms with E-state index < -0.39 is 0 Å². The Balaban J connectivity index is 1.40. The van der Waals surface area contributed by atoms with Gasteiger partial charge in [-0.05, 0) is 55.5 Å². The minimum atomic E-state index is -0.0953. The van der Waals surface area contributed by atoms with Crippen LogP contribution in [0.15, 0.2) is 36.8 Å². The first-order chi connectivity index (χ1) is 12.0. The van der Waals surface area contributed by atoms with E-state index in [-0.39, 0.29) is 5.91 Å². The number of nitrogens with one attached hydrogen (secondary N) is 2. The highest BCUT2D eigenvalue weighted by Crippen LogP contribution is 2.34. The van der Waals surface area contributed by atoms with E-state index in [1.54, 1.807) is 6.20 Å². The zero-order valence-corrected chi connectivity index (χ0v) is 15.4. The highest BCUT2D eigenvalue weighted by Gasteiger charge is 2.30. The lowest BCUT2D eigenvalue weighted by Crippen LogP contribution is -2.43. The SMILES string of the molecule is CC1(Cc2ccc(Cl)cc2)CCN(CCNC(=O)c2cnc[nH]2)CC1. The van der Waals surface area contributed by atoms with E-state index >= 15 is 0 Å². The number of hydrogen-bond acceptors (Lipinski definition) is 3. The number of H-pyrrole nitrogens is 1. The van der Waals surface area contributed by atoms with Crippen molar-refractivity contribution in [3.05, 3.63) is 53.1 Å². The molecular formula is C19H25ClN4O. The summed E-state index contributed by atoms with van der Waals surface area (Å²) < 4.78 is 0. The lowest BCUT2D eigenvalue weighted by molar-refractivity contribution is 0.0922. The first-order valence-electron chi connectivity index (χ1n) is 8.77. The van der Waals surface area contributed by atoms with Crippen LogP contribution >= 0.6 is 11.6 Å². The van der Waals surface area contributed by atoms with Gasteiger partial charge < -0.3 is 15.2 Å². The van der Waals surface area contributed by atoms with Gasteiger partial charge in [-0.1, -0.05) is 30.7 Å². The van der Waals surface area contributed by atoms with Crippen molar-refractivity contribution in [2.45, 2.75) is 26.2 Å². The van der Waals surface area contributed by atoms with Crippen molar-refractivity contribution in [3.8, 4) is 0 Å². The number of carbonyl (C=O) groups is 1. The highest BCUT2D eigenvalue weighted by molar-refractivity contribution is 6.30. The third kappa shape index (κ3) is 5.06. The molecule has 1 aliphatic heterocycles. The van der Waals surface area contributed by atoms with Crippen molar-refractivity contribution in [2.24, 2.45) is 5.41 Å². The maximum absolute atomic E-state index is 11.9. The van der Waals surface area contributed by atoms with Gasteiger partial charge in [0.15, 0.2) is 0 Å². The van der Waals surface area contributed by atoms with Crippen LogP contribution in [0.3, 0.4) is 0 Å². The van der Waals surface area contributed by atoms with E-state index in [1.807, 2.05) is 12.1 Å². The van der Waals surface area contributed by atoms with E-state index in [2.05, 4.69) is 39.2 Å². The number of imidazole rings is 1. The molecule has 1 fully saturated rings. The summed E-state index contributed by atoms with van der Waals surface area (Å²) in [6.07, 6.45) is 6.49. The number of halogens is 1. The third-order valence-electron chi connectivity index (χ3n) is 5.06. The second-order valence-electron chi connectivity index (χ2n) is 7.18. The molecule has 1 amide bonds. The van der Waals surface area contributed by atoms with Gasteiger partial charge in [0.2, 0.25) is 0 Å². The molecule has 1 aliphatic rings. The van der Waals surface area contributed by atoms with Gasteiger partial charge >= 0.3 is 0 Å². The van der Waals surface area contributed by atoms with Crippen LogP contribution in [0, 0.1) is 5.41 Å². The molecule has 6 heteroatoms. The summed E-state index contributed by atoms with van der Waals surface area (Å²) in [5.74, 6) is -0.0953. The van der Waals surface area contributed by atoms with Crippen LogP contribution in [0.2, 0.25) is 5.02 Å². The molecule has 0 bridgehead atoms. The normalized spacial score (nSPS) is 17.4. The van der Waals surface area contributed by atoms with Crippen LogP contribution in [0.25, 0.3) is 0 Å². The number of nitrogens with zero attached hydrogens (tertiary/aromatic N) is 2. The Labute approximate surface area is 153 Å². The molecule has 0 saturated carbocycles. The molecule has 0 atom stereocenters. The van der Waals surface area contributed by atoms with Gasteiger partial charge in [0.05, 0.1) is 12.5 Å². The number of aromatic nitrogens is 2. The summed E-state index contributed by atoms with van der Waals surface area (Å²) in [6.45, 7) is 6.07. The predicted molar refractivity (Wildman–Crippen MR) is 99.9 cm³/mol. The van der Waals surface area contributed by atoms with Crippen molar-refractivity contribution >= 4 is 17.5 Å². The third-order valence-corrected chi connectivity index (χ3v) is 5.32. The number of carbonyl (C=O) groups excluding carboxylic acids is 1. The molecule has 1 saturated heterocycles. The summed E-state index contributed by atoms with van der Waals surface area (Å²) in [5.41, 5.74) is 2.20. The lowest BCUT2D eigenvalue weighted by Gasteiger charge is -2.39. The summed E-state index contributed by atoms with van der Waals surface area (Å²) >= 11 is 5.97. The van der Waals surface area contributed by atoms with Gasteiger partial charge in [-0.3, -0.25) is 4.79 Å². The Morgan fingerprint density at radius 1 is 1.32 bits per heavy atom. The fourth-order valence-corrected chi connectivity index (χ4v) is 3.52. The van der Waals surface area contributed by atoms with Crippen molar-refractivity contribution in [3.63, 3.8) is 0 Å². The minimum absolute atomic E-state index is 0.0953. The van der Waals surface area contributed by atoms with Gasteiger partial charge in [0.25, 0.3) is 5.91 Å². The largest absolute Gasteiger partial charge is 0.349 e. The highest BCUT2D eigenvalue weighted by atomic mass is 35.5. The Morgan fingerprint density at radius 2 is 2.04 bits per heavy atom. The molecule has 5 nitrogen and oxygen atoms in total. The number of rotatable bonds is 6. The number of piperidine rings is 1. The van der Waals surface area contributed by atoms with Crippen LogP contribution in [0.4, 0.5) is 0 Å². The summed E-state index contributed by atoms with van der Waals surface area (Å²) in [5, 5.41) is 3.73. The minimum Gasteiger partial charge on any atom is -0.349 e. The van der Waals surface area contributed by atoms with E-state index in [0.29, 0.717) is 17.7 Å². The molecule has 0 unspecified atom stereocenters. The fourth-order valence-electron chi connectivity index (χ4n) is 3.39. The maximum atomic E-state index is 11.9. The molecule has 134 valence electrons. The molecule has 2 N–H and O–H groups in total.